The van der Waals surface area contributed by atoms with Crippen LogP contribution in [-0.2, 0) is 20.7 Å². The minimum Gasteiger partial charge on any atom is -0.482 e. The van der Waals surface area contributed by atoms with Gasteiger partial charge in [0.2, 0.25) is 0 Å². The largest absolute Gasteiger partial charge is 0.482 e. The van der Waals surface area contributed by atoms with Crippen LogP contribution in [0.4, 0.5) is 0 Å². The zero-order valence-corrected chi connectivity index (χ0v) is 16.2. The Morgan fingerprint density at radius 1 is 0.926 bits per heavy atom. The van der Waals surface area contributed by atoms with Gasteiger partial charge in [0, 0.05) is 10.0 Å². The summed E-state index contributed by atoms with van der Waals surface area (Å²) in [6, 6.07) is 13.9. The number of esters is 1. The predicted molar refractivity (Wildman–Crippen MR) is 102 cm³/mol. The van der Waals surface area contributed by atoms with E-state index in [1.807, 2.05) is 19.1 Å². The number of benzene rings is 2. The fourth-order valence-electron chi connectivity index (χ4n) is 1.99. The molecule has 0 saturated heterocycles. The summed E-state index contributed by atoms with van der Waals surface area (Å²) in [5.74, 6) is -1.30. The van der Waals surface area contributed by atoms with Gasteiger partial charge in [-0.25, -0.2) is 4.79 Å². The SMILES string of the molecule is CCc1ccc(OCC(=O)OCC(=O)NNC(=O)c2ccc(Br)cc2)cc1. The Morgan fingerprint density at radius 2 is 1.59 bits per heavy atom. The van der Waals surface area contributed by atoms with Gasteiger partial charge in [0.05, 0.1) is 0 Å². The van der Waals surface area contributed by atoms with Crippen LogP contribution < -0.4 is 15.6 Å². The van der Waals surface area contributed by atoms with Crippen molar-refractivity contribution >= 4 is 33.7 Å². The summed E-state index contributed by atoms with van der Waals surface area (Å²) in [5, 5.41) is 0. The molecule has 0 aliphatic heterocycles. The molecule has 0 bridgehead atoms. The first-order chi connectivity index (χ1) is 13.0. The summed E-state index contributed by atoms with van der Waals surface area (Å²) in [7, 11) is 0. The first-order valence-corrected chi connectivity index (χ1v) is 8.99. The van der Waals surface area contributed by atoms with Gasteiger partial charge in [-0.1, -0.05) is 35.0 Å². The van der Waals surface area contributed by atoms with Gasteiger partial charge in [0.1, 0.15) is 5.75 Å². The van der Waals surface area contributed by atoms with Crippen LogP contribution >= 0.6 is 15.9 Å². The Kier molecular flexibility index (Phi) is 7.81. The average Bonchev–Trinajstić information content (AvgIpc) is 2.69. The highest BCUT2D eigenvalue weighted by molar-refractivity contribution is 9.10. The molecular weight excluding hydrogens is 416 g/mol. The van der Waals surface area contributed by atoms with E-state index in [1.54, 1.807) is 36.4 Å². The molecule has 2 rings (SSSR count). The van der Waals surface area contributed by atoms with Crippen molar-refractivity contribution in [2.75, 3.05) is 13.2 Å². The molecule has 7 nitrogen and oxygen atoms in total. The number of ether oxygens (including phenoxy) is 2. The lowest BCUT2D eigenvalue weighted by atomic mass is 10.2. The number of nitrogens with one attached hydrogen (secondary N) is 2. The molecule has 0 aliphatic carbocycles. The minimum absolute atomic E-state index is 0.315. The second-order valence-electron chi connectivity index (χ2n) is 5.46. The second-order valence-corrected chi connectivity index (χ2v) is 6.37. The van der Waals surface area contributed by atoms with Crippen LogP contribution in [0, 0.1) is 0 Å². The van der Waals surface area contributed by atoms with Gasteiger partial charge in [-0.3, -0.25) is 20.4 Å². The van der Waals surface area contributed by atoms with Gasteiger partial charge >= 0.3 is 5.97 Å². The molecule has 0 atom stereocenters. The Morgan fingerprint density at radius 3 is 2.22 bits per heavy atom. The molecular formula is C19H19BrN2O5. The van der Waals surface area contributed by atoms with Crippen molar-refractivity contribution in [3.63, 3.8) is 0 Å². The summed E-state index contributed by atoms with van der Waals surface area (Å²) in [6.45, 7) is 1.20. The smallest absolute Gasteiger partial charge is 0.344 e. The minimum atomic E-state index is -0.691. The molecule has 0 aromatic heterocycles. The van der Waals surface area contributed by atoms with Crippen LogP contribution in [0.15, 0.2) is 53.0 Å². The van der Waals surface area contributed by atoms with E-state index in [-0.39, 0.29) is 6.61 Å². The van der Waals surface area contributed by atoms with Crippen molar-refractivity contribution < 1.29 is 23.9 Å². The van der Waals surface area contributed by atoms with Crippen LogP contribution in [-0.4, -0.2) is 31.0 Å². The van der Waals surface area contributed by atoms with E-state index in [2.05, 4.69) is 26.8 Å². The molecule has 0 radical (unpaired) electrons. The predicted octanol–water partition coefficient (Wildman–Crippen LogP) is 2.39. The van der Waals surface area contributed by atoms with Gasteiger partial charge in [0.25, 0.3) is 11.8 Å². The molecule has 0 aliphatic rings. The Bertz CT molecular complexity index is 791. The number of halogens is 1. The lowest BCUT2D eigenvalue weighted by Crippen LogP contribution is -2.43. The van der Waals surface area contributed by atoms with E-state index in [1.165, 1.54) is 0 Å². The summed E-state index contributed by atoms with van der Waals surface area (Å²) in [5.41, 5.74) is 5.94. The van der Waals surface area contributed by atoms with E-state index in [0.29, 0.717) is 11.3 Å². The van der Waals surface area contributed by atoms with Crippen LogP contribution in [0.3, 0.4) is 0 Å². The lowest BCUT2D eigenvalue weighted by Gasteiger charge is -2.09. The van der Waals surface area contributed by atoms with E-state index in [4.69, 9.17) is 9.47 Å². The summed E-state index contributed by atoms with van der Waals surface area (Å²) < 4.78 is 10.9. The highest BCUT2D eigenvalue weighted by Crippen LogP contribution is 2.12. The molecule has 0 fully saturated rings. The van der Waals surface area contributed by atoms with Gasteiger partial charge in [-0.15, -0.1) is 0 Å². The molecule has 2 aromatic carbocycles. The third-order valence-electron chi connectivity index (χ3n) is 3.47. The summed E-state index contributed by atoms with van der Waals surface area (Å²) in [6.07, 6.45) is 0.912. The number of rotatable bonds is 7. The van der Waals surface area contributed by atoms with Crippen molar-refractivity contribution in [3.8, 4) is 5.75 Å². The zero-order chi connectivity index (χ0) is 19.6. The van der Waals surface area contributed by atoms with Gasteiger partial charge < -0.3 is 9.47 Å². The Labute approximate surface area is 165 Å². The molecule has 2 amide bonds. The van der Waals surface area contributed by atoms with E-state index >= 15 is 0 Å². The van der Waals surface area contributed by atoms with Crippen LogP contribution in [0.25, 0.3) is 0 Å². The molecule has 2 aromatic rings. The number of aryl methyl sites for hydroxylation is 1. The van der Waals surface area contributed by atoms with Crippen molar-refractivity contribution in [1.82, 2.24) is 10.9 Å². The summed E-state index contributed by atoms with van der Waals surface area (Å²) >= 11 is 3.26. The second kappa shape index (κ2) is 10.3. The molecule has 27 heavy (non-hydrogen) atoms. The molecule has 0 saturated carbocycles. The van der Waals surface area contributed by atoms with E-state index in [0.717, 1.165) is 16.5 Å². The van der Waals surface area contributed by atoms with Gasteiger partial charge in [0.15, 0.2) is 13.2 Å². The number of carbonyl (C=O) groups excluding carboxylic acids is 3. The normalized spacial score (nSPS) is 10.0. The third-order valence-corrected chi connectivity index (χ3v) is 4.00. The number of hydrazine groups is 1. The summed E-state index contributed by atoms with van der Waals surface area (Å²) in [4.78, 5) is 35.1. The van der Waals surface area contributed by atoms with Crippen LogP contribution in [0.5, 0.6) is 5.75 Å². The highest BCUT2D eigenvalue weighted by atomic mass is 79.9. The monoisotopic (exact) mass is 434 g/mol. The molecule has 0 heterocycles. The maximum atomic E-state index is 11.8. The fraction of sp³-hybridized carbons (Fsp3) is 0.211. The molecule has 8 heteroatoms. The first kappa shape index (κ1) is 20.4. The molecule has 2 N–H and O–H groups in total. The first-order valence-electron chi connectivity index (χ1n) is 8.20. The maximum absolute atomic E-state index is 11.8. The van der Waals surface area contributed by atoms with Crippen molar-refractivity contribution in [2.24, 2.45) is 0 Å². The zero-order valence-electron chi connectivity index (χ0n) is 14.7. The molecule has 0 spiro atoms. The number of hydrogen-bond acceptors (Lipinski definition) is 5. The van der Waals surface area contributed by atoms with E-state index in [9.17, 15) is 14.4 Å². The lowest BCUT2D eigenvalue weighted by molar-refractivity contribution is -0.150. The quantitative estimate of drug-likeness (QED) is 0.515. The van der Waals surface area contributed by atoms with Crippen molar-refractivity contribution in [3.05, 3.63) is 64.1 Å². The van der Waals surface area contributed by atoms with Crippen molar-refractivity contribution in [1.29, 1.82) is 0 Å². The maximum Gasteiger partial charge on any atom is 0.344 e. The highest BCUT2D eigenvalue weighted by Gasteiger charge is 2.10. The molecule has 0 unspecified atom stereocenters. The third kappa shape index (κ3) is 7.10. The fourth-order valence-corrected chi connectivity index (χ4v) is 2.25. The van der Waals surface area contributed by atoms with Crippen LogP contribution in [0.2, 0.25) is 0 Å². The van der Waals surface area contributed by atoms with Crippen molar-refractivity contribution in [2.45, 2.75) is 13.3 Å². The Hall–Kier alpha value is -2.87. The van der Waals surface area contributed by atoms with Gasteiger partial charge in [-0.2, -0.15) is 0 Å². The van der Waals surface area contributed by atoms with E-state index < -0.39 is 24.4 Å². The average molecular weight is 435 g/mol. The van der Waals surface area contributed by atoms with Gasteiger partial charge in [-0.05, 0) is 48.4 Å². The van der Waals surface area contributed by atoms with Crippen LogP contribution in [0.1, 0.15) is 22.8 Å². The Balaban J connectivity index is 1.66. The molecule has 142 valence electrons. The number of hydrogen-bond donors (Lipinski definition) is 2. The number of amides is 2. The topological polar surface area (TPSA) is 93.7 Å². The standard InChI is InChI=1S/C19H19BrN2O5/c1-2-13-3-9-16(10-4-13)26-12-18(24)27-11-17(23)21-22-19(25)14-5-7-15(20)8-6-14/h3-10H,2,11-12H2,1H3,(H,21,23)(H,22,25). The number of carbonyl (C=O) groups is 3.